The van der Waals surface area contributed by atoms with Crippen molar-refractivity contribution in [1.82, 2.24) is 14.8 Å². The van der Waals surface area contributed by atoms with Gasteiger partial charge in [-0.1, -0.05) is 29.5 Å². The molecular formula is C21H24N4O4S2. The Hall–Kier alpha value is -2.85. The molecule has 8 nitrogen and oxygen atoms in total. The zero-order valence-electron chi connectivity index (χ0n) is 18.0. The lowest BCUT2D eigenvalue weighted by Gasteiger charge is -2.14. The molecule has 1 unspecified atom stereocenters. The van der Waals surface area contributed by atoms with Crippen LogP contribution in [0.1, 0.15) is 39.7 Å². The second kappa shape index (κ2) is 9.97. The number of rotatable bonds is 8. The fourth-order valence-corrected chi connectivity index (χ4v) is 4.47. The van der Waals surface area contributed by atoms with Gasteiger partial charge in [-0.05, 0) is 39.0 Å². The maximum atomic E-state index is 12.4. The molecule has 164 valence electrons. The molecule has 0 spiro atoms. The molecule has 0 saturated carbocycles. The summed E-state index contributed by atoms with van der Waals surface area (Å²) in [4.78, 5) is 25.2. The third-order valence-corrected chi connectivity index (χ3v) is 6.40. The molecule has 2 aromatic heterocycles. The fraction of sp³-hybridized carbons (Fsp3) is 0.333. The van der Waals surface area contributed by atoms with Crippen molar-refractivity contribution in [2.24, 2.45) is 7.05 Å². The van der Waals surface area contributed by atoms with E-state index in [1.165, 1.54) is 30.2 Å². The Morgan fingerprint density at radius 2 is 1.94 bits per heavy atom. The van der Waals surface area contributed by atoms with Crippen molar-refractivity contribution in [3.05, 3.63) is 52.2 Å². The van der Waals surface area contributed by atoms with Crippen molar-refractivity contribution in [2.45, 2.75) is 32.0 Å². The number of aryl methyl sites for hydroxylation is 2. The molecule has 1 N–H and O–H groups in total. The molecule has 0 aliphatic carbocycles. The van der Waals surface area contributed by atoms with E-state index in [0.29, 0.717) is 21.5 Å². The van der Waals surface area contributed by atoms with Crippen LogP contribution in [0, 0.1) is 13.8 Å². The van der Waals surface area contributed by atoms with Crippen LogP contribution in [0.15, 0.2) is 35.5 Å². The Morgan fingerprint density at radius 1 is 1.23 bits per heavy atom. The van der Waals surface area contributed by atoms with Crippen molar-refractivity contribution in [2.75, 3.05) is 18.2 Å². The summed E-state index contributed by atoms with van der Waals surface area (Å²) in [5.74, 6) is 0.808. The van der Waals surface area contributed by atoms with E-state index in [2.05, 4.69) is 15.5 Å². The van der Waals surface area contributed by atoms with Gasteiger partial charge < -0.3 is 19.4 Å². The molecule has 3 rings (SSSR count). The van der Waals surface area contributed by atoms with Gasteiger partial charge in [-0.25, -0.2) is 4.79 Å². The zero-order chi connectivity index (χ0) is 22.5. The molecule has 31 heavy (non-hydrogen) atoms. The number of aromatic nitrogens is 3. The molecule has 2 heterocycles. The van der Waals surface area contributed by atoms with Crippen LogP contribution in [-0.2, 0) is 16.6 Å². The average Bonchev–Trinajstić information content (AvgIpc) is 3.29. The number of carbonyl (C=O) groups is 2. The molecule has 1 atom stereocenters. The van der Waals surface area contributed by atoms with Crippen LogP contribution in [-0.4, -0.2) is 39.5 Å². The predicted octanol–water partition coefficient (Wildman–Crippen LogP) is 4.15. The largest absolute Gasteiger partial charge is 0.483 e. The maximum Gasteiger partial charge on any atom is 0.340 e. The lowest BCUT2D eigenvalue weighted by atomic mass is 10.2. The highest BCUT2D eigenvalue weighted by atomic mass is 32.2. The van der Waals surface area contributed by atoms with E-state index in [1.807, 2.05) is 56.7 Å². The number of amides is 1. The molecule has 0 radical (unpaired) electrons. The van der Waals surface area contributed by atoms with Crippen LogP contribution in [0.25, 0.3) is 0 Å². The number of nitrogens with zero attached hydrogens (tertiary/aromatic N) is 3. The van der Waals surface area contributed by atoms with Gasteiger partial charge in [0.05, 0.1) is 18.4 Å². The van der Waals surface area contributed by atoms with E-state index in [0.717, 1.165) is 16.2 Å². The highest BCUT2D eigenvalue weighted by Gasteiger charge is 2.20. The Labute approximate surface area is 189 Å². The van der Waals surface area contributed by atoms with Crippen molar-refractivity contribution >= 4 is 40.0 Å². The second-order valence-electron chi connectivity index (χ2n) is 6.90. The maximum absolute atomic E-state index is 12.4. The van der Waals surface area contributed by atoms with E-state index < -0.39 is 5.97 Å². The van der Waals surface area contributed by atoms with E-state index in [9.17, 15) is 9.59 Å². The molecule has 3 aromatic rings. The van der Waals surface area contributed by atoms with Gasteiger partial charge in [0, 0.05) is 11.9 Å². The second-order valence-corrected chi connectivity index (χ2v) is 9.10. The van der Waals surface area contributed by atoms with E-state index in [-0.39, 0.29) is 17.8 Å². The SMILES string of the molecule is COC(=O)c1cc(C)sc1NC(=O)CSc1nnc(C(C)Oc2ccc(C)cc2)n1C. The predicted molar refractivity (Wildman–Crippen MR) is 121 cm³/mol. The lowest BCUT2D eigenvalue weighted by molar-refractivity contribution is -0.113. The number of ether oxygens (including phenoxy) is 2. The Morgan fingerprint density at radius 3 is 2.61 bits per heavy atom. The first kappa shape index (κ1) is 22.8. The van der Waals surface area contributed by atoms with Gasteiger partial charge in [-0.3, -0.25) is 4.79 Å². The van der Waals surface area contributed by atoms with E-state index in [4.69, 9.17) is 9.47 Å². The van der Waals surface area contributed by atoms with Gasteiger partial charge >= 0.3 is 5.97 Å². The number of benzene rings is 1. The topological polar surface area (TPSA) is 95.3 Å². The Balaban J connectivity index is 1.60. The van der Waals surface area contributed by atoms with Gasteiger partial charge in [0.15, 0.2) is 17.1 Å². The van der Waals surface area contributed by atoms with Gasteiger partial charge in [-0.2, -0.15) is 0 Å². The first-order valence-electron chi connectivity index (χ1n) is 9.52. The van der Waals surface area contributed by atoms with Crippen LogP contribution in [0.5, 0.6) is 5.75 Å². The van der Waals surface area contributed by atoms with E-state index in [1.54, 1.807) is 6.07 Å². The quantitative estimate of drug-likeness (QED) is 0.398. The molecule has 0 aliphatic rings. The molecule has 0 aliphatic heterocycles. The van der Waals surface area contributed by atoms with E-state index >= 15 is 0 Å². The standard InChI is InChI=1S/C21H24N4O4S2/c1-12-6-8-15(9-7-12)29-14(3)18-23-24-21(25(18)4)30-11-17(26)22-19-16(20(27)28-5)10-13(2)31-19/h6-10,14H,11H2,1-5H3,(H,22,26). The third kappa shape index (κ3) is 5.65. The van der Waals surface area contributed by atoms with Crippen molar-refractivity contribution in [3.8, 4) is 5.75 Å². The summed E-state index contributed by atoms with van der Waals surface area (Å²) in [6, 6.07) is 9.50. The molecule has 1 aromatic carbocycles. The number of thioether (sulfide) groups is 1. The zero-order valence-corrected chi connectivity index (χ0v) is 19.6. The Bertz CT molecular complexity index is 1080. The molecule has 10 heteroatoms. The van der Waals surface area contributed by atoms with Crippen LogP contribution in [0.2, 0.25) is 0 Å². The summed E-state index contributed by atoms with van der Waals surface area (Å²) in [5.41, 5.74) is 1.51. The number of hydrogen-bond acceptors (Lipinski definition) is 8. The number of hydrogen-bond donors (Lipinski definition) is 1. The van der Waals surface area contributed by atoms with Crippen molar-refractivity contribution in [3.63, 3.8) is 0 Å². The number of nitrogens with one attached hydrogen (secondary N) is 1. The van der Waals surface area contributed by atoms with Crippen LogP contribution in [0.3, 0.4) is 0 Å². The normalized spacial score (nSPS) is 11.8. The van der Waals surface area contributed by atoms with Crippen LogP contribution >= 0.6 is 23.1 Å². The summed E-state index contributed by atoms with van der Waals surface area (Å²) in [7, 11) is 3.15. The summed E-state index contributed by atoms with van der Waals surface area (Å²) in [6.07, 6.45) is -0.305. The summed E-state index contributed by atoms with van der Waals surface area (Å²) in [6.45, 7) is 5.78. The molecule has 0 saturated heterocycles. The van der Waals surface area contributed by atoms with Crippen molar-refractivity contribution < 1.29 is 19.1 Å². The van der Waals surface area contributed by atoms with Gasteiger partial charge in [-0.15, -0.1) is 21.5 Å². The van der Waals surface area contributed by atoms with Gasteiger partial charge in [0.1, 0.15) is 10.8 Å². The summed E-state index contributed by atoms with van der Waals surface area (Å²) >= 11 is 2.59. The number of thiophene rings is 1. The number of carbonyl (C=O) groups excluding carboxylic acids is 2. The molecule has 0 fully saturated rings. The molecule has 0 bridgehead atoms. The minimum atomic E-state index is -0.479. The van der Waals surface area contributed by atoms with Crippen LogP contribution in [0.4, 0.5) is 5.00 Å². The van der Waals surface area contributed by atoms with Crippen LogP contribution < -0.4 is 10.1 Å². The fourth-order valence-electron chi connectivity index (χ4n) is 2.84. The Kier molecular flexibility index (Phi) is 7.34. The lowest BCUT2D eigenvalue weighted by Crippen LogP contribution is -2.16. The first-order valence-corrected chi connectivity index (χ1v) is 11.3. The number of esters is 1. The minimum Gasteiger partial charge on any atom is -0.483 e. The minimum absolute atomic E-state index is 0.122. The first-order chi connectivity index (χ1) is 14.8. The molecular weight excluding hydrogens is 436 g/mol. The average molecular weight is 461 g/mol. The number of anilines is 1. The highest BCUT2D eigenvalue weighted by molar-refractivity contribution is 7.99. The highest BCUT2D eigenvalue weighted by Crippen LogP contribution is 2.29. The third-order valence-electron chi connectivity index (χ3n) is 4.41. The summed E-state index contributed by atoms with van der Waals surface area (Å²) < 4.78 is 12.5. The van der Waals surface area contributed by atoms with Gasteiger partial charge in [0.2, 0.25) is 5.91 Å². The summed E-state index contributed by atoms with van der Waals surface area (Å²) in [5, 5.41) is 12.3. The molecule has 1 amide bonds. The number of methoxy groups -OCH3 is 1. The van der Waals surface area contributed by atoms with Crippen molar-refractivity contribution in [1.29, 1.82) is 0 Å². The van der Waals surface area contributed by atoms with Gasteiger partial charge in [0.25, 0.3) is 0 Å². The monoisotopic (exact) mass is 460 g/mol. The smallest absolute Gasteiger partial charge is 0.340 e.